The van der Waals surface area contributed by atoms with Gasteiger partial charge in [0.05, 0.1) is 12.1 Å². The minimum Gasteiger partial charge on any atom is -0.423 e. The lowest BCUT2D eigenvalue weighted by Gasteiger charge is -2.07. The number of hydrogen-bond donors (Lipinski definition) is 0. The van der Waals surface area contributed by atoms with Crippen LogP contribution in [0.5, 0.6) is 0 Å². The second-order valence-corrected chi connectivity index (χ2v) is 4.69. The molecular weight excluding hydrogens is 278 g/mol. The molecular formula is C14H10ClN3O2. The molecule has 0 N–H and O–H groups in total. The van der Waals surface area contributed by atoms with Crippen molar-refractivity contribution >= 4 is 11.6 Å². The smallest absolute Gasteiger partial charge is 0.250 e. The van der Waals surface area contributed by atoms with Crippen LogP contribution in [0.15, 0.2) is 58.2 Å². The third-order valence-corrected chi connectivity index (χ3v) is 3.11. The number of benzene rings is 1. The predicted molar refractivity (Wildman–Crippen MR) is 74.5 cm³/mol. The van der Waals surface area contributed by atoms with E-state index in [2.05, 4.69) is 10.2 Å². The van der Waals surface area contributed by atoms with Crippen LogP contribution in [0.3, 0.4) is 0 Å². The Balaban J connectivity index is 1.95. The van der Waals surface area contributed by atoms with Crippen LogP contribution in [0.2, 0.25) is 5.02 Å². The molecule has 3 rings (SSSR count). The monoisotopic (exact) mass is 287 g/mol. The first kappa shape index (κ1) is 12.6. The highest BCUT2D eigenvalue weighted by Gasteiger charge is 2.06. The molecule has 0 radical (unpaired) electrons. The van der Waals surface area contributed by atoms with Gasteiger partial charge in [0.1, 0.15) is 0 Å². The molecule has 20 heavy (non-hydrogen) atoms. The van der Waals surface area contributed by atoms with Crippen LogP contribution in [-0.2, 0) is 6.54 Å². The molecule has 0 aliphatic carbocycles. The molecule has 5 nitrogen and oxygen atoms in total. The van der Waals surface area contributed by atoms with Gasteiger partial charge in [-0.1, -0.05) is 23.7 Å². The molecule has 6 heteroatoms. The Hall–Kier alpha value is -2.40. The largest absolute Gasteiger partial charge is 0.423 e. The highest BCUT2D eigenvalue weighted by atomic mass is 35.5. The van der Waals surface area contributed by atoms with Crippen molar-refractivity contribution in [3.63, 3.8) is 0 Å². The van der Waals surface area contributed by atoms with Crippen LogP contribution in [0.4, 0.5) is 0 Å². The maximum Gasteiger partial charge on any atom is 0.250 e. The summed E-state index contributed by atoms with van der Waals surface area (Å²) in [5.74, 6) is 0.384. The van der Waals surface area contributed by atoms with Crippen molar-refractivity contribution in [3.05, 3.63) is 69.9 Å². The molecule has 0 saturated heterocycles. The van der Waals surface area contributed by atoms with E-state index in [9.17, 15) is 4.79 Å². The minimum absolute atomic E-state index is 0.0942. The Bertz CT molecular complexity index is 764. The maximum atomic E-state index is 11.9. The topological polar surface area (TPSA) is 60.9 Å². The molecule has 0 atom stereocenters. The number of hydrogen-bond acceptors (Lipinski definition) is 4. The number of pyridine rings is 1. The van der Waals surface area contributed by atoms with Gasteiger partial charge in [-0.3, -0.25) is 4.79 Å². The lowest BCUT2D eigenvalue weighted by Crippen LogP contribution is -2.19. The molecule has 0 spiro atoms. The van der Waals surface area contributed by atoms with Crippen LogP contribution in [-0.4, -0.2) is 14.8 Å². The van der Waals surface area contributed by atoms with Crippen LogP contribution in [0, 0.1) is 0 Å². The van der Waals surface area contributed by atoms with Crippen molar-refractivity contribution < 1.29 is 4.42 Å². The van der Waals surface area contributed by atoms with E-state index in [1.165, 1.54) is 12.5 Å². The third kappa shape index (κ3) is 2.62. The fraction of sp³-hybridized carbons (Fsp3) is 0.0714. The van der Waals surface area contributed by atoms with E-state index in [0.717, 1.165) is 5.56 Å². The fourth-order valence-corrected chi connectivity index (χ4v) is 1.99. The second-order valence-electron chi connectivity index (χ2n) is 4.25. The molecule has 0 aliphatic rings. The van der Waals surface area contributed by atoms with Gasteiger partial charge in [-0.2, -0.15) is 0 Å². The summed E-state index contributed by atoms with van der Waals surface area (Å²) in [5.41, 5.74) is 1.60. The van der Waals surface area contributed by atoms with Gasteiger partial charge in [0.15, 0.2) is 0 Å². The molecule has 0 fully saturated rings. The van der Waals surface area contributed by atoms with E-state index in [1.54, 1.807) is 29.0 Å². The molecule has 0 unspecified atom stereocenters. The Morgan fingerprint density at radius 3 is 2.65 bits per heavy atom. The van der Waals surface area contributed by atoms with Crippen LogP contribution in [0.25, 0.3) is 11.5 Å². The second kappa shape index (κ2) is 5.30. The average Bonchev–Trinajstić information content (AvgIpc) is 2.98. The van der Waals surface area contributed by atoms with Crippen molar-refractivity contribution in [2.75, 3.05) is 0 Å². The van der Waals surface area contributed by atoms with Crippen molar-refractivity contribution in [1.29, 1.82) is 0 Å². The number of nitrogens with zero attached hydrogens (tertiary/aromatic N) is 3. The maximum absolute atomic E-state index is 11.9. The van der Waals surface area contributed by atoms with Gasteiger partial charge in [0.2, 0.25) is 12.3 Å². The first-order valence-corrected chi connectivity index (χ1v) is 6.32. The zero-order valence-corrected chi connectivity index (χ0v) is 11.1. The summed E-state index contributed by atoms with van der Waals surface area (Å²) < 4.78 is 6.71. The quantitative estimate of drug-likeness (QED) is 0.743. The Morgan fingerprint density at radius 1 is 1.15 bits per heavy atom. The summed E-state index contributed by atoms with van der Waals surface area (Å²) in [6.07, 6.45) is 2.95. The lowest BCUT2D eigenvalue weighted by molar-refractivity contribution is 0.567. The standard InChI is InChI=1S/C14H10ClN3O2/c15-12-4-1-10(2-5-12)7-18-8-11(3-6-13(18)19)14-17-16-9-20-14/h1-6,8-9H,7H2. The average molecular weight is 288 g/mol. The van der Waals surface area contributed by atoms with Gasteiger partial charge in [-0.25, -0.2) is 0 Å². The van der Waals surface area contributed by atoms with E-state index in [-0.39, 0.29) is 5.56 Å². The summed E-state index contributed by atoms with van der Waals surface area (Å²) in [5, 5.41) is 8.12. The predicted octanol–water partition coefficient (Wildman–Crippen LogP) is 2.60. The van der Waals surface area contributed by atoms with Gasteiger partial charge in [-0.15, -0.1) is 10.2 Å². The molecule has 0 amide bonds. The molecule has 0 saturated carbocycles. The van der Waals surface area contributed by atoms with Crippen LogP contribution >= 0.6 is 11.6 Å². The lowest BCUT2D eigenvalue weighted by atomic mass is 10.2. The molecule has 100 valence electrons. The summed E-state index contributed by atoms with van der Waals surface area (Å²) >= 11 is 5.84. The molecule has 1 aromatic carbocycles. The van der Waals surface area contributed by atoms with E-state index < -0.39 is 0 Å². The van der Waals surface area contributed by atoms with Crippen molar-refractivity contribution in [2.45, 2.75) is 6.54 Å². The molecule has 2 aromatic heterocycles. The van der Waals surface area contributed by atoms with E-state index in [0.29, 0.717) is 23.0 Å². The van der Waals surface area contributed by atoms with Crippen LogP contribution < -0.4 is 5.56 Å². The number of rotatable bonds is 3. The Morgan fingerprint density at radius 2 is 1.95 bits per heavy atom. The highest BCUT2D eigenvalue weighted by molar-refractivity contribution is 6.30. The molecule has 0 bridgehead atoms. The zero-order valence-electron chi connectivity index (χ0n) is 10.4. The Kier molecular flexibility index (Phi) is 3.35. The minimum atomic E-state index is -0.0942. The Labute approximate surface area is 119 Å². The first-order valence-electron chi connectivity index (χ1n) is 5.94. The van der Waals surface area contributed by atoms with Crippen molar-refractivity contribution in [2.24, 2.45) is 0 Å². The van der Waals surface area contributed by atoms with Gasteiger partial charge < -0.3 is 8.98 Å². The normalized spacial score (nSPS) is 10.7. The number of aromatic nitrogens is 3. The molecule has 0 aliphatic heterocycles. The SMILES string of the molecule is O=c1ccc(-c2nnco2)cn1Cc1ccc(Cl)cc1. The van der Waals surface area contributed by atoms with Crippen molar-refractivity contribution in [1.82, 2.24) is 14.8 Å². The summed E-state index contributed by atoms with van der Waals surface area (Å²) in [6.45, 7) is 0.456. The fourth-order valence-electron chi connectivity index (χ4n) is 1.87. The third-order valence-electron chi connectivity index (χ3n) is 2.86. The molecule has 2 heterocycles. The highest BCUT2D eigenvalue weighted by Crippen LogP contribution is 2.15. The summed E-state index contributed by atoms with van der Waals surface area (Å²) in [6, 6.07) is 10.5. The summed E-state index contributed by atoms with van der Waals surface area (Å²) in [4.78, 5) is 11.9. The van der Waals surface area contributed by atoms with Gasteiger partial charge in [-0.05, 0) is 23.8 Å². The summed E-state index contributed by atoms with van der Waals surface area (Å²) in [7, 11) is 0. The first-order chi connectivity index (χ1) is 9.72. The zero-order chi connectivity index (χ0) is 13.9. The number of halogens is 1. The van der Waals surface area contributed by atoms with Crippen LogP contribution in [0.1, 0.15) is 5.56 Å². The molecule has 3 aromatic rings. The van der Waals surface area contributed by atoms with E-state index in [1.807, 2.05) is 12.1 Å². The van der Waals surface area contributed by atoms with Gasteiger partial charge in [0.25, 0.3) is 5.56 Å². The van der Waals surface area contributed by atoms with E-state index >= 15 is 0 Å². The van der Waals surface area contributed by atoms with Gasteiger partial charge in [0, 0.05) is 17.3 Å². The van der Waals surface area contributed by atoms with Gasteiger partial charge >= 0.3 is 0 Å². The van der Waals surface area contributed by atoms with Crippen molar-refractivity contribution in [3.8, 4) is 11.5 Å². The van der Waals surface area contributed by atoms with E-state index in [4.69, 9.17) is 16.0 Å².